The molecule has 3 N–H and O–H groups in total. The third-order valence-corrected chi connectivity index (χ3v) is 3.77. The van der Waals surface area contributed by atoms with Crippen molar-refractivity contribution in [1.82, 2.24) is 10.6 Å². The number of carbonyl (C=O) groups is 2. The molecule has 0 radical (unpaired) electrons. The summed E-state index contributed by atoms with van der Waals surface area (Å²) in [6.45, 7) is 6.38. The number of anilines is 1. The quantitative estimate of drug-likeness (QED) is 0.771. The lowest BCUT2D eigenvalue weighted by molar-refractivity contribution is -0.120. The second-order valence-corrected chi connectivity index (χ2v) is 6.18. The molecule has 1 aromatic rings. The van der Waals surface area contributed by atoms with Gasteiger partial charge in [0.25, 0.3) is 5.91 Å². The second kappa shape index (κ2) is 9.53. The zero-order valence-electron chi connectivity index (χ0n) is 13.7. The highest BCUT2D eigenvalue weighted by Gasteiger charge is 2.22. The summed E-state index contributed by atoms with van der Waals surface area (Å²) in [7, 11) is 0. The first-order valence-corrected chi connectivity index (χ1v) is 7.96. The highest BCUT2D eigenvalue weighted by Crippen LogP contribution is 2.18. The summed E-state index contributed by atoms with van der Waals surface area (Å²) in [5.74, 6) is 0.197. The van der Waals surface area contributed by atoms with Crippen molar-refractivity contribution >= 4 is 29.9 Å². The lowest BCUT2D eigenvalue weighted by Crippen LogP contribution is -2.37. The molecule has 5 nitrogen and oxygen atoms in total. The molecule has 1 atom stereocenters. The molecule has 0 bridgehead atoms. The van der Waals surface area contributed by atoms with E-state index in [1.54, 1.807) is 12.1 Å². The van der Waals surface area contributed by atoms with Gasteiger partial charge in [-0.15, -0.1) is 12.4 Å². The number of halogens is 1. The maximum Gasteiger partial charge on any atom is 0.253 e. The van der Waals surface area contributed by atoms with E-state index in [9.17, 15) is 9.59 Å². The molecular weight excluding hydrogens is 314 g/mol. The Labute approximate surface area is 144 Å². The first kappa shape index (κ1) is 19.5. The highest BCUT2D eigenvalue weighted by atomic mass is 35.5. The Morgan fingerprint density at radius 1 is 1.30 bits per heavy atom. The number of amides is 2. The van der Waals surface area contributed by atoms with Crippen LogP contribution in [-0.2, 0) is 4.79 Å². The largest absolute Gasteiger partial charge is 0.352 e. The summed E-state index contributed by atoms with van der Waals surface area (Å²) < 4.78 is 0. The van der Waals surface area contributed by atoms with Gasteiger partial charge in [-0.25, -0.2) is 0 Å². The Hall–Kier alpha value is -1.59. The fourth-order valence-corrected chi connectivity index (χ4v) is 2.49. The van der Waals surface area contributed by atoms with Crippen LogP contribution in [0, 0.1) is 11.8 Å². The first-order valence-electron chi connectivity index (χ1n) is 7.96. The Morgan fingerprint density at radius 2 is 2.04 bits per heavy atom. The van der Waals surface area contributed by atoms with Crippen LogP contribution in [-0.4, -0.2) is 31.4 Å². The minimum Gasteiger partial charge on any atom is -0.352 e. The number of carbonyl (C=O) groups excluding carboxylic acids is 2. The van der Waals surface area contributed by atoms with Crippen molar-refractivity contribution < 1.29 is 9.59 Å². The lowest BCUT2D eigenvalue weighted by atomic mass is 9.98. The molecular formula is C17H26ClN3O2. The minimum absolute atomic E-state index is 0. The molecule has 1 aromatic carbocycles. The number of hydrogen-bond donors (Lipinski definition) is 3. The third kappa shape index (κ3) is 5.84. The van der Waals surface area contributed by atoms with E-state index in [2.05, 4.69) is 16.0 Å². The Kier molecular flexibility index (Phi) is 8.06. The molecule has 1 aliphatic rings. The fourth-order valence-electron chi connectivity index (χ4n) is 2.49. The SMILES string of the molecule is CC(C)CNC(=O)c1ccccc1NC(=O)C1CCCNC1.Cl. The Bertz CT molecular complexity index is 528. The van der Waals surface area contributed by atoms with E-state index in [1.807, 2.05) is 26.0 Å². The van der Waals surface area contributed by atoms with Gasteiger partial charge in [0.15, 0.2) is 0 Å². The molecule has 1 aliphatic heterocycles. The molecule has 128 valence electrons. The van der Waals surface area contributed by atoms with Crippen LogP contribution in [0.4, 0.5) is 5.69 Å². The van der Waals surface area contributed by atoms with Gasteiger partial charge in [0, 0.05) is 13.1 Å². The van der Waals surface area contributed by atoms with Crippen LogP contribution >= 0.6 is 12.4 Å². The third-order valence-electron chi connectivity index (χ3n) is 3.77. The van der Waals surface area contributed by atoms with Crippen LogP contribution in [0.15, 0.2) is 24.3 Å². The van der Waals surface area contributed by atoms with Crippen molar-refractivity contribution in [3.63, 3.8) is 0 Å². The molecule has 1 fully saturated rings. The number of para-hydroxylation sites is 1. The van der Waals surface area contributed by atoms with Crippen LogP contribution in [0.1, 0.15) is 37.0 Å². The average Bonchev–Trinajstić information content (AvgIpc) is 2.54. The molecule has 23 heavy (non-hydrogen) atoms. The molecule has 1 saturated heterocycles. The average molecular weight is 340 g/mol. The maximum atomic E-state index is 12.3. The monoisotopic (exact) mass is 339 g/mol. The van der Waals surface area contributed by atoms with E-state index < -0.39 is 0 Å². The molecule has 2 amide bonds. The van der Waals surface area contributed by atoms with Gasteiger partial charge in [-0.05, 0) is 37.4 Å². The summed E-state index contributed by atoms with van der Waals surface area (Å²) in [5.41, 5.74) is 1.10. The van der Waals surface area contributed by atoms with Gasteiger partial charge in [-0.3, -0.25) is 9.59 Å². The van der Waals surface area contributed by atoms with Gasteiger partial charge in [-0.1, -0.05) is 26.0 Å². The summed E-state index contributed by atoms with van der Waals surface area (Å²) >= 11 is 0. The van der Waals surface area contributed by atoms with Crippen LogP contribution in [0.25, 0.3) is 0 Å². The maximum absolute atomic E-state index is 12.3. The normalized spacial score (nSPS) is 17.3. The van der Waals surface area contributed by atoms with Gasteiger partial charge < -0.3 is 16.0 Å². The van der Waals surface area contributed by atoms with Crippen molar-refractivity contribution in [2.24, 2.45) is 11.8 Å². The number of nitrogens with one attached hydrogen (secondary N) is 3. The number of benzene rings is 1. The number of rotatable bonds is 5. The van der Waals surface area contributed by atoms with Crippen LogP contribution in [0.5, 0.6) is 0 Å². The topological polar surface area (TPSA) is 70.2 Å². The zero-order valence-corrected chi connectivity index (χ0v) is 14.5. The van der Waals surface area contributed by atoms with Gasteiger partial charge in [0.1, 0.15) is 0 Å². The molecule has 0 aliphatic carbocycles. The van der Waals surface area contributed by atoms with E-state index in [0.717, 1.165) is 19.4 Å². The van der Waals surface area contributed by atoms with E-state index in [0.29, 0.717) is 30.3 Å². The van der Waals surface area contributed by atoms with Crippen LogP contribution in [0.3, 0.4) is 0 Å². The predicted octanol–water partition coefficient (Wildman–Crippen LogP) is 2.43. The van der Waals surface area contributed by atoms with Crippen molar-refractivity contribution in [2.45, 2.75) is 26.7 Å². The predicted molar refractivity (Wildman–Crippen MR) is 95.1 cm³/mol. The standard InChI is InChI=1S/C17H25N3O2.ClH/c1-12(2)10-19-17(22)14-7-3-4-8-15(14)20-16(21)13-6-5-9-18-11-13;/h3-4,7-8,12-13,18H,5-6,9-11H2,1-2H3,(H,19,22)(H,20,21);1H. The first-order chi connectivity index (χ1) is 10.6. The van der Waals surface area contributed by atoms with Crippen molar-refractivity contribution in [3.8, 4) is 0 Å². The smallest absolute Gasteiger partial charge is 0.253 e. The zero-order chi connectivity index (χ0) is 15.9. The lowest BCUT2D eigenvalue weighted by Gasteiger charge is -2.22. The summed E-state index contributed by atoms with van der Waals surface area (Å²) in [6.07, 6.45) is 1.90. The van der Waals surface area contributed by atoms with E-state index in [1.165, 1.54) is 0 Å². The summed E-state index contributed by atoms with van der Waals surface area (Å²) in [6, 6.07) is 7.15. The number of hydrogen-bond acceptors (Lipinski definition) is 3. The Balaban J connectivity index is 0.00000264. The molecule has 6 heteroatoms. The second-order valence-electron chi connectivity index (χ2n) is 6.18. The molecule has 1 unspecified atom stereocenters. The van der Waals surface area contributed by atoms with E-state index in [4.69, 9.17) is 0 Å². The minimum atomic E-state index is -0.147. The Morgan fingerprint density at radius 3 is 2.70 bits per heavy atom. The highest BCUT2D eigenvalue weighted by molar-refractivity contribution is 6.04. The summed E-state index contributed by atoms with van der Waals surface area (Å²) in [5, 5.41) is 9.03. The van der Waals surface area contributed by atoms with Crippen LogP contribution < -0.4 is 16.0 Å². The van der Waals surface area contributed by atoms with Gasteiger partial charge in [0.05, 0.1) is 17.2 Å². The fraction of sp³-hybridized carbons (Fsp3) is 0.529. The molecule has 0 spiro atoms. The molecule has 0 saturated carbocycles. The number of piperidine rings is 1. The van der Waals surface area contributed by atoms with Crippen molar-refractivity contribution in [1.29, 1.82) is 0 Å². The van der Waals surface area contributed by atoms with Crippen molar-refractivity contribution in [3.05, 3.63) is 29.8 Å². The van der Waals surface area contributed by atoms with Crippen LogP contribution in [0.2, 0.25) is 0 Å². The molecule has 2 rings (SSSR count). The molecule has 0 aromatic heterocycles. The van der Waals surface area contributed by atoms with E-state index >= 15 is 0 Å². The molecule has 1 heterocycles. The van der Waals surface area contributed by atoms with Gasteiger partial charge >= 0.3 is 0 Å². The van der Waals surface area contributed by atoms with Gasteiger partial charge in [-0.2, -0.15) is 0 Å². The summed E-state index contributed by atoms with van der Waals surface area (Å²) in [4.78, 5) is 24.6. The van der Waals surface area contributed by atoms with E-state index in [-0.39, 0.29) is 30.1 Å². The van der Waals surface area contributed by atoms with Crippen molar-refractivity contribution in [2.75, 3.05) is 25.0 Å². The van der Waals surface area contributed by atoms with Gasteiger partial charge in [0.2, 0.25) is 5.91 Å².